The minimum atomic E-state index is -0.579. The van der Waals surface area contributed by atoms with E-state index < -0.39 is 5.91 Å². The molecule has 0 spiro atoms. The molecule has 0 saturated carbocycles. The summed E-state index contributed by atoms with van der Waals surface area (Å²) in [4.78, 5) is 34.9. The van der Waals surface area contributed by atoms with Gasteiger partial charge in [-0.1, -0.05) is 6.58 Å². The molecule has 3 aromatic heterocycles. The van der Waals surface area contributed by atoms with E-state index in [1.165, 1.54) is 17.4 Å². The minimum absolute atomic E-state index is 0.0722. The molecule has 4 rings (SSSR count). The molecule has 9 heteroatoms. The standard InChI is InChI=1S/C19H20N6O2S/c1-3-14(26)25-6-4-5-11(10-25)13-8-21-16(18(20)27)17-15(13)23-19(28-17)12-7-22-24(2)9-12/h3,7-9,11H,1,4-6,10H2,2H3,(H2,20,27)/t11-/m1/s1. The Balaban J connectivity index is 1.81. The van der Waals surface area contributed by atoms with Gasteiger partial charge in [0.05, 0.1) is 16.4 Å². The Labute approximate surface area is 165 Å². The summed E-state index contributed by atoms with van der Waals surface area (Å²) in [5.74, 6) is -0.555. The van der Waals surface area contributed by atoms with Crippen molar-refractivity contribution in [2.24, 2.45) is 12.8 Å². The fourth-order valence-corrected chi connectivity index (χ4v) is 4.68. The summed E-state index contributed by atoms with van der Waals surface area (Å²) in [6.45, 7) is 4.88. The number of likely N-dealkylation sites (tertiary alicyclic amines) is 1. The van der Waals surface area contributed by atoms with Crippen molar-refractivity contribution in [1.29, 1.82) is 0 Å². The Morgan fingerprint density at radius 1 is 1.39 bits per heavy atom. The van der Waals surface area contributed by atoms with Crippen LogP contribution in [0, 0.1) is 0 Å². The van der Waals surface area contributed by atoms with E-state index in [-0.39, 0.29) is 17.5 Å². The van der Waals surface area contributed by atoms with Gasteiger partial charge in [0.15, 0.2) is 0 Å². The topological polar surface area (TPSA) is 107 Å². The molecule has 1 aliphatic heterocycles. The van der Waals surface area contributed by atoms with Gasteiger partial charge >= 0.3 is 0 Å². The molecule has 8 nitrogen and oxygen atoms in total. The van der Waals surface area contributed by atoms with Crippen LogP contribution in [0.1, 0.15) is 34.8 Å². The number of thiazole rings is 1. The van der Waals surface area contributed by atoms with Crippen LogP contribution in [0.25, 0.3) is 20.8 Å². The number of carbonyl (C=O) groups is 2. The highest BCUT2D eigenvalue weighted by Gasteiger charge is 2.28. The van der Waals surface area contributed by atoms with Crippen molar-refractivity contribution in [3.05, 3.63) is 42.5 Å². The first-order valence-corrected chi connectivity index (χ1v) is 9.79. The van der Waals surface area contributed by atoms with Crippen molar-refractivity contribution < 1.29 is 9.59 Å². The van der Waals surface area contributed by atoms with Crippen LogP contribution in [0.3, 0.4) is 0 Å². The first-order chi connectivity index (χ1) is 13.5. The first kappa shape index (κ1) is 18.3. The molecule has 2 N–H and O–H groups in total. The van der Waals surface area contributed by atoms with Crippen LogP contribution in [0.2, 0.25) is 0 Å². The third kappa shape index (κ3) is 3.18. The summed E-state index contributed by atoms with van der Waals surface area (Å²) in [7, 11) is 1.84. The quantitative estimate of drug-likeness (QED) is 0.680. The van der Waals surface area contributed by atoms with Gasteiger partial charge in [0.2, 0.25) is 5.91 Å². The van der Waals surface area contributed by atoms with Crippen molar-refractivity contribution >= 4 is 33.4 Å². The van der Waals surface area contributed by atoms with Gasteiger partial charge in [-0.05, 0) is 18.9 Å². The molecule has 3 aromatic rings. The second kappa shape index (κ2) is 7.16. The second-order valence-corrected chi connectivity index (χ2v) is 7.85. The maximum absolute atomic E-state index is 12.1. The van der Waals surface area contributed by atoms with Gasteiger partial charge in [0.1, 0.15) is 10.7 Å². The maximum atomic E-state index is 12.1. The zero-order valence-corrected chi connectivity index (χ0v) is 16.3. The molecule has 1 saturated heterocycles. The number of fused-ring (bicyclic) bond motifs is 1. The number of carbonyl (C=O) groups excluding carboxylic acids is 2. The lowest BCUT2D eigenvalue weighted by Crippen LogP contribution is -2.38. The predicted octanol–water partition coefficient (Wildman–Crippen LogP) is 2.08. The summed E-state index contributed by atoms with van der Waals surface area (Å²) < 4.78 is 2.38. The number of hydrogen-bond donors (Lipinski definition) is 1. The van der Waals surface area contributed by atoms with E-state index in [0.29, 0.717) is 11.2 Å². The van der Waals surface area contributed by atoms with Crippen LogP contribution in [-0.2, 0) is 11.8 Å². The SMILES string of the molecule is C=CC(=O)N1CCC[C@@H](c2cnc(C(N)=O)c3sc(-c4cnn(C)c4)nc23)C1. The van der Waals surface area contributed by atoms with Crippen LogP contribution >= 0.6 is 11.3 Å². The fraction of sp³-hybridized carbons (Fsp3) is 0.316. The number of hydrogen-bond acceptors (Lipinski definition) is 6. The third-order valence-corrected chi connectivity index (χ3v) is 6.09. The average Bonchev–Trinajstić information content (AvgIpc) is 3.32. The van der Waals surface area contributed by atoms with Crippen molar-refractivity contribution in [3.8, 4) is 10.6 Å². The van der Waals surface area contributed by atoms with Gasteiger partial charge in [-0.3, -0.25) is 14.3 Å². The Morgan fingerprint density at radius 3 is 2.89 bits per heavy atom. The van der Waals surface area contributed by atoms with Crippen LogP contribution in [0.4, 0.5) is 0 Å². The molecule has 0 unspecified atom stereocenters. The number of nitrogens with two attached hydrogens (primary N) is 1. The van der Waals surface area contributed by atoms with Crippen molar-refractivity contribution in [3.63, 3.8) is 0 Å². The molecule has 1 aliphatic rings. The molecular formula is C19H20N6O2S. The summed E-state index contributed by atoms with van der Waals surface area (Å²) in [5, 5.41) is 4.95. The van der Waals surface area contributed by atoms with E-state index in [2.05, 4.69) is 16.7 Å². The van der Waals surface area contributed by atoms with Crippen LogP contribution in [-0.4, -0.2) is 49.6 Å². The van der Waals surface area contributed by atoms with Gasteiger partial charge in [0, 0.05) is 49.6 Å². The molecule has 0 radical (unpaired) electrons. The van der Waals surface area contributed by atoms with E-state index >= 15 is 0 Å². The molecule has 1 fully saturated rings. The third-order valence-electron chi connectivity index (χ3n) is 4.98. The predicted molar refractivity (Wildman–Crippen MR) is 107 cm³/mol. The molecular weight excluding hydrogens is 376 g/mol. The molecule has 2 amide bonds. The monoisotopic (exact) mass is 396 g/mol. The van der Waals surface area contributed by atoms with E-state index in [9.17, 15) is 9.59 Å². The molecule has 4 heterocycles. The lowest BCUT2D eigenvalue weighted by atomic mass is 9.90. The highest BCUT2D eigenvalue weighted by molar-refractivity contribution is 7.22. The maximum Gasteiger partial charge on any atom is 0.268 e. The van der Waals surface area contributed by atoms with E-state index in [1.807, 2.05) is 13.2 Å². The Hall–Kier alpha value is -3.07. The number of piperidine rings is 1. The number of aryl methyl sites for hydroxylation is 1. The number of rotatable bonds is 4. The van der Waals surface area contributed by atoms with Gasteiger partial charge in [0.25, 0.3) is 5.91 Å². The highest BCUT2D eigenvalue weighted by Crippen LogP contribution is 2.37. The number of primary amides is 1. The number of nitrogens with zero attached hydrogens (tertiary/aromatic N) is 5. The van der Waals surface area contributed by atoms with Crippen LogP contribution in [0.15, 0.2) is 31.2 Å². The minimum Gasteiger partial charge on any atom is -0.364 e. The molecule has 28 heavy (non-hydrogen) atoms. The van der Waals surface area contributed by atoms with Crippen molar-refractivity contribution in [1.82, 2.24) is 24.6 Å². The van der Waals surface area contributed by atoms with Gasteiger partial charge in [-0.25, -0.2) is 9.97 Å². The molecule has 144 valence electrons. The zero-order chi connectivity index (χ0) is 19.8. The van der Waals surface area contributed by atoms with E-state index in [0.717, 1.165) is 41.0 Å². The van der Waals surface area contributed by atoms with E-state index in [1.54, 1.807) is 22.0 Å². The van der Waals surface area contributed by atoms with Gasteiger partial charge < -0.3 is 10.6 Å². The first-order valence-electron chi connectivity index (χ1n) is 8.97. The molecule has 1 atom stereocenters. The summed E-state index contributed by atoms with van der Waals surface area (Å²) in [5.41, 5.74) is 8.30. The van der Waals surface area contributed by atoms with Crippen LogP contribution < -0.4 is 5.73 Å². The number of pyridine rings is 1. The largest absolute Gasteiger partial charge is 0.364 e. The summed E-state index contributed by atoms with van der Waals surface area (Å²) in [6.07, 6.45) is 8.45. The Bertz CT molecular complexity index is 1090. The highest BCUT2D eigenvalue weighted by atomic mass is 32.1. The number of amides is 2. The average molecular weight is 396 g/mol. The summed E-state index contributed by atoms with van der Waals surface area (Å²) >= 11 is 1.38. The summed E-state index contributed by atoms with van der Waals surface area (Å²) in [6, 6.07) is 0. The van der Waals surface area contributed by atoms with Gasteiger partial charge in [-0.2, -0.15) is 5.10 Å². The van der Waals surface area contributed by atoms with E-state index in [4.69, 9.17) is 10.7 Å². The lowest BCUT2D eigenvalue weighted by Gasteiger charge is -2.32. The smallest absolute Gasteiger partial charge is 0.268 e. The number of aromatic nitrogens is 4. The lowest BCUT2D eigenvalue weighted by molar-refractivity contribution is -0.127. The zero-order valence-electron chi connectivity index (χ0n) is 15.5. The van der Waals surface area contributed by atoms with Crippen molar-refractivity contribution in [2.45, 2.75) is 18.8 Å². The van der Waals surface area contributed by atoms with Crippen LogP contribution in [0.5, 0.6) is 0 Å². The normalized spacial score (nSPS) is 17.0. The Morgan fingerprint density at radius 2 is 2.21 bits per heavy atom. The molecule has 0 bridgehead atoms. The van der Waals surface area contributed by atoms with Crippen molar-refractivity contribution in [2.75, 3.05) is 13.1 Å². The fourth-order valence-electron chi connectivity index (χ4n) is 3.62. The molecule has 0 aliphatic carbocycles. The Kier molecular flexibility index (Phi) is 4.68. The molecule has 0 aromatic carbocycles. The second-order valence-electron chi connectivity index (χ2n) is 6.85. The van der Waals surface area contributed by atoms with Gasteiger partial charge in [-0.15, -0.1) is 11.3 Å².